The molecule has 0 aromatic carbocycles. The topological polar surface area (TPSA) is 73.9 Å². The van der Waals surface area contributed by atoms with Gasteiger partial charge >= 0.3 is 0 Å². The number of rotatable bonds is 7. The minimum absolute atomic E-state index is 0.0591. The van der Waals surface area contributed by atoms with E-state index in [1.165, 1.54) is 0 Å². The van der Waals surface area contributed by atoms with Gasteiger partial charge in [-0.15, -0.1) is 4.83 Å². The first-order valence-corrected chi connectivity index (χ1v) is 9.40. The maximum absolute atomic E-state index is 12.6. The molecule has 1 unspecified atom stereocenters. The van der Waals surface area contributed by atoms with E-state index in [9.17, 15) is 8.42 Å². The molecular formula is C13H28N4O3S. The third kappa shape index (κ3) is 5.15. The monoisotopic (exact) mass is 320 g/mol. The SMILES string of the molecule is CCCNCC1CCCCN1S(=O)(=O)NN1CCOCC1. The van der Waals surface area contributed by atoms with Crippen molar-refractivity contribution in [2.75, 3.05) is 45.9 Å². The first-order valence-electron chi connectivity index (χ1n) is 7.96. The Hall–Kier alpha value is -0.250. The zero-order valence-electron chi connectivity index (χ0n) is 12.9. The molecule has 8 heteroatoms. The number of ether oxygens (including phenoxy) is 1. The first kappa shape index (κ1) is 17.1. The molecule has 0 saturated carbocycles. The lowest BCUT2D eigenvalue weighted by atomic mass is 10.1. The van der Waals surface area contributed by atoms with Crippen LogP contribution in [0.1, 0.15) is 32.6 Å². The summed E-state index contributed by atoms with van der Waals surface area (Å²) in [7, 11) is -3.46. The summed E-state index contributed by atoms with van der Waals surface area (Å²) in [4.78, 5) is 2.71. The van der Waals surface area contributed by atoms with Gasteiger partial charge in [-0.05, 0) is 25.8 Å². The van der Waals surface area contributed by atoms with Gasteiger partial charge in [0.05, 0.1) is 13.2 Å². The van der Waals surface area contributed by atoms with Crippen molar-refractivity contribution in [2.45, 2.75) is 38.6 Å². The maximum Gasteiger partial charge on any atom is 0.292 e. The quantitative estimate of drug-likeness (QED) is 0.642. The Balaban J connectivity index is 1.93. The van der Waals surface area contributed by atoms with E-state index in [0.717, 1.165) is 38.8 Å². The van der Waals surface area contributed by atoms with Gasteiger partial charge in [-0.1, -0.05) is 13.3 Å². The van der Waals surface area contributed by atoms with Gasteiger partial charge in [0.15, 0.2) is 0 Å². The van der Waals surface area contributed by atoms with E-state index in [-0.39, 0.29) is 6.04 Å². The van der Waals surface area contributed by atoms with Crippen LogP contribution in [0.3, 0.4) is 0 Å². The third-order valence-electron chi connectivity index (χ3n) is 3.94. The van der Waals surface area contributed by atoms with Crippen LogP contribution in [0.25, 0.3) is 0 Å². The summed E-state index contributed by atoms with van der Waals surface area (Å²) < 4.78 is 32.1. The van der Waals surface area contributed by atoms with Gasteiger partial charge in [0.25, 0.3) is 10.2 Å². The molecule has 0 aromatic rings. The molecule has 1 atom stereocenters. The average molecular weight is 320 g/mol. The van der Waals surface area contributed by atoms with Crippen LogP contribution in [0.5, 0.6) is 0 Å². The van der Waals surface area contributed by atoms with Crippen molar-refractivity contribution in [1.82, 2.24) is 19.5 Å². The Morgan fingerprint density at radius 3 is 2.67 bits per heavy atom. The van der Waals surface area contributed by atoms with E-state index < -0.39 is 10.2 Å². The smallest absolute Gasteiger partial charge is 0.292 e. The van der Waals surface area contributed by atoms with Crippen LogP contribution in [0.15, 0.2) is 0 Å². The zero-order chi connectivity index (χ0) is 15.1. The van der Waals surface area contributed by atoms with Gasteiger partial charge in [-0.2, -0.15) is 12.7 Å². The number of hydrogen-bond acceptors (Lipinski definition) is 5. The van der Waals surface area contributed by atoms with Crippen LogP contribution in [0.4, 0.5) is 0 Å². The van der Waals surface area contributed by atoms with Crippen molar-refractivity contribution in [1.29, 1.82) is 0 Å². The van der Waals surface area contributed by atoms with E-state index >= 15 is 0 Å². The Morgan fingerprint density at radius 2 is 1.95 bits per heavy atom. The number of hydrogen-bond donors (Lipinski definition) is 2. The number of piperidine rings is 1. The molecule has 0 bridgehead atoms. The predicted molar refractivity (Wildman–Crippen MR) is 82.0 cm³/mol. The number of hydrazine groups is 1. The molecular weight excluding hydrogens is 292 g/mol. The number of nitrogens with one attached hydrogen (secondary N) is 2. The minimum atomic E-state index is -3.46. The maximum atomic E-state index is 12.6. The molecule has 2 N–H and O–H groups in total. The fraction of sp³-hybridized carbons (Fsp3) is 1.00. The molecule has 0 aromatic heterocycles. The van der Waals surface area contributed by atoms with E-state index in [2.05, 4.69) is 17.1 Å². The van der Waals surface area contributed by atoms with Crippen LogP contribution in [-0.2, 0) is 14.9 Å². The lowest BCUT2D eigenvalue weighted by Gasteiger charge is -2.37. The van der Waals surface area contributed by atoms with Crippen molar-refractivity contribution in [2.24, 2.45) is 0 Å². The number of nitrogens with zero attached hydrogens (tertiary/aromatic N) is 2. The zero-order valence-corrected chi connectivity index (χ0v) is 13.7. The van der Waals surface area contributed by atoms with E-state index in [1.54, 1.807) is 9.31 Å². The molecule has 0 spiro atoms. The molecule has 2 heterocycles. The van der Waals surface area contributed by atoms with Crippen molar-refractivity contribution in [3.05, 3.63) is 0 Å². The lowest BCUT2D eigenvalue weighted by Crippen LogP contribution is -2.57. The highest BCUT2D eigenvalue weighted by atomic mass is 32.2. The van der Waals surface area contributed by atoms with E-state index in [0.29, 0.717) is 32.8 Å². The van der Waals surface area contributed by atoms with Crippen molar-refractivity contribution in [3.8, 4) is 0 Å². The summed E-state index contributed by atoms with van der Waals surface area (Å²) in [5.41, 5.74) is 0. The second-order valence-electron chi connectivity index (χ2n) is 5.66. The third-order valence-corrected chi connectivity index (χ3v) is 5.53. The summed E-state index contributed by atoms with van der Waals surface area (Å²) in [6.45, 7) is 6.74. The summed E-state index contributed by atoms with van der Waals surface area (Å²) in [6, 6.07) is 0.0591. The molecule has 2 fully saturated rings. The molecule has 7 nitrogen and oxygen atoms in total. The molecule has 2 aliphatic heterocycles. The van der Waals surface area contributed by atoms with Crippen molar-refractivity contribution >= 4 is 10.2 Å². The minimum Gasteiger partial charge on any atom is -0.379 e. The van der Waals surface area contributed by atoms with Crippen LogP contribution < -0.4 is 10.1 Å². The van der Waals surface area contributed by atoms with Gasteiger partial charge in [0.1, 0.15) is 0 Å². The van der Waals surface area contributed by atoms with Crippen LogP contribution in [-0.4, -0.2) is 69.7 Å². The highest BCUT2D eigenvalue weighted by Gasteiger charge is 2.33. The fourth-order valence-corrected chi connectivity index (χ4v) is 4.37. The molecule has 21 heavy (non-hydrogen) atoms. The van der Waals surface area contributed by atoms with Gasteiger partial charge < -0.3 is 10.1 Å². The second kappa shape index (κ2) is 8.40. The molecule has 0 radical (unpaired) electrons. The predicted octanol–water partition coefficient (Wildman–Crippen LogP) is -0.0779. The molecule has 124 valence electrons. The number of morpholine rings is 1. The fourth-order valence-electron chi connectivity index (χ4n) is 2.81. The summed E-state index contributed by atoms with van der Waals surface area (Å²) in [5, 5.41) is 5.08. The molecule has 0 aliphatic carbocycles. The van der Waals surface area contributed by atoms with Gasteiger partial charge in [-0.25, -0.2) is 5.01 Å². The standard InChI is InChI=1S/C13H28N4O3S/c1-2-6-14-12-13-5-3-4-7-17(13)21(18,19)15-16-8-10-20-11-9-16/h13-15H,2-12H2,1H3. The van der Waals surface area contributed by atoms with Crippen molar-refractivity contribution < 1.29 is 13.2 Å². The van der Waals surface area contributed by atoms with Gasteiger partial charge in [0, 0.05) is 32.2 Å². The largest absolute Gasteiger partial charge is 0.379 e. The Bertz CT molecular complexity index is 398. The van der Waals surface area contributed by atoms with Gasteiger partial charge in [0.2, 0.25) is 0 Å². The molecule has 2 aliphatic rings. The van der Waals surface area contributed by atoms with E-state index in [1.807, 2.05) is 0 Å². The average Bonchev–Trinajstić information content (AvgIpc) is 2.48. The van der Waals surface area contributed by atoms with E-state index in [4.69, 9.17) is 4.74 Å². The normalized spacial score (nSPS) is 26.0. The van der Waals surface area contributed by atoms with Gasteiger partial charge in [-0.3, -0.25) is 0 Å². The first-order chi connectivity index (χ1) is 10.1. The Kier molecular flexibility index (Phi) is 6.84. The Morgan fingerprint density at radius 1 is 1.19 bits per heavy atom. The van der Waals surface area contributed by atoms with Crippen LogP contribution >= 0.6 is 0 Å². The Labute approximate surface area is 128 Å². The lowest BCUT2D eigenvalue weighted by molar-refractivity contribution is 0.0256. The summed E-state index contributed by atoms with van der Waals surface area (Å²) >= 11 is 0. The second-order valence-corrected chi connectivity index (χ2v) is 7.26. The highest BCUT2D eigenvalue weighted by Crippen LogP contribution is 2.19. The molecule has 2 saturated heterocycles. The van der Waals surface area contributed by atoms with Crippen LogP contribution in [0, 0.1) is 0 Å². The highest BCUT2D eigenvalue weighted by molar-refractivity contribution is 7.87. The summed E-state index contributed by atoms with van der Waals surface area (Å²) in [6.07, 6.45) is 4.03. The van der Waals surface area contributed by atoms with Crippen LogP contribution in [0.2, 0.25) is 0 Å². The van der Waals surface area contributed by atoms with Crippen molar-refractivity contribution in [3.63, 3.8) is 0 Å². The summed E-state index contributed by atoms with van der Waals surface area (Å²) in [5.74, 6) is 0. The molecule has 2 rings (SSSR count). The molecule has 0 amide bonds.